The van der Waals surface area contributed by atoms with Crippen molar-refractivity contribution in [2.75, 3.05) is 13.7 Å². The molecule has 0 saturated carbocycles. The summed E-state index contributed by atoms with van der Waals surface area (Å²) in [6, 6.07) is 6.13. The number of benzene rings is 1. The van der Waals surface area contributed by atoms with Crippen molar-refractivity contribution in [2.45, 2.75) is 32.6 Å². The smallest absolute Gasteiger partial charge is 0.122 e. The van der Waals surface area contributed by atoms with Crippen LogP contribution in [-0.2, 0) is 0 Å². The second kappa shape index (κ2) is 5.17. The third-order valence-corrected chi connectivity index (χ3v) is 2.72. The molecule has 2 nitrogen and oxygen atoms in total. The molecular formula is C13H20O2. The summed E-state index contributed by atoms with van der Waals surface area (Å²) in [5.41, 5.74) is 2.37. The van der Waals surface area contributed by atoms with Gasteiger partial charge >= 0.3 is 0 Å². The van der Waals surface area contributed by atoms with Crippen LogP contribution in [0.4, 0.5) is 0 Å². The van der Waals surface area contributed by atoms with Gasteiger partial charge in [-0.25, -0.2) is 0 Å². The first kappa shape index (κ1) is 12.1. The van der Waals surface area contributed by atoms with Crippen molar-refractivity contribution in [1.29, 1.82) is 0 Å². The molecule has 0 saturated heterocycles. The molecule has 0 aliphatic carbocycles. The topological polar surface area (TPSA) is 29.5 Å². The van der Waals surface area contributed by atoms with Gasteiger partial charge in [0.05, 0.1) is 7.11 Å². The monoisotopic (exact) mass is 208 g/mol. The van der Waals surface area contributed by atoms with E-state index in [4.69, 9.17) is 9.84 Å². The molecule has 0 aliphatic heterocycles. The maximum Gasteiger partial charge on any atom is 0.122 e. The summed E-state index contributed by atoms with van der Waals surface area (Å²) in [5.74, 6) is 1.55. The Balaban J connectivity index is 3.10. The zero-order valence-corrected chi connectivity index (χ0v) is 9.95. The molecule has 0 spiro atoms. The van der Waals surface area contributed by atoms with Gasteiger partial charge in [-0.05, 0) is 23.1 Å². The number of aliphatic hydroxyl groups is 1. The minimum Gasteiger partial charge on any atom is -0.496 e. The summed E-state index contributed by atoms with van der Waals surface area (Å²) in [5, 5.41) is 9.11. The van der Waals surface area contributed by atoms with E-state index in [1.54, 1.807) is 7.11 Å². The summed E-state index contributed by atoms with van der Waals surface area (Å²) in [6.45, 7) is 6.49. The zero-order chi connectivity index (χ0) is 11.4. The van der Waals surface area contributed by atoms with Gasteiger partial charge in [0.2, 0.25) is 0 Å². The fourth-order valence-electron chi connectivity index (χ4n) is 1.62. The lowest BCUT2D eigenvalue weighted by atomic mass is 9.94. The molecule has 0 radical (unpaired) electrons. The minimum absolute atomic E-state index is 0.184. The summed E-state index contributed by atoms with van der Waals surface area (Å²) in [7, 11) is 1.69. The highest BCUT2D eigenvalue weighted by Gasteiger charge is 2.11. The summed E-state index contributed by atoms with van der Waals surface area (Å²) >= 11 is 0. The van der Waals surface area contributed by atoms with Crippen LogP contribution in [0, 0.1) is 0 Å². The van der Waals surface area contributed by atoms with Gasteiger partial charge < -0.3 is 9.84 Å². The number of ether oxygens (including phenoxy) is 1. The van der Waals surface area contributed by atoms with E-state index in [0.717, 1.165) is 5.75 Å². The fraction of sp³-hybridized carbons (Fsp3) is 0.538. The summed E-state index contributed by atoms with van der Waals surface area (Å²) < 4.78 is 5.31. The average Bonchev–Trinajstić information content (AvgIpc) is 2.27. The molecule has 0 amide bonds. The molecule has 1 aromatic carbocycles. The van der Waals surface area contributed by atoms with E-state index in [0.29, 0.717) is 5.92 Å². The van der Waals surface area contributed by atoms with Crippen molar-refractivity contribution in [3.63, 3.8) is 0 Å². The second-order valence-corrected chi connectivity index (χ2v) is 4.24. The fourth-order valence-corrected chi connectivity index (χ4v) is 1.62. The molecule has 0 fully saturated rings. The second-order valence-electron chi connectivity index (χ2n) is 4.24. The highest BCUT2D eigenvalue weighted by molar-refractivity contribution is 5.40. The molecule has 1 rings (SSSR count). The van der Waals surface area contributed by atoms with Crippen LogP contribution in [0.25, 0.3) is 0 Å². The molecule has 1 aromatic rings. The van der Waals surface area contributed by atoms with Crippen molar-refractivity contribution in [3.05, 3.63) is 29.3 Å². The van der Waals surface area contributed by atoms with Gasteiger partial charge in [0.15, 0.2) is 0 Å². The third kappa shape index (κ3) is 2.72. The maximum absolute atomic E-state index is 9.11. The Labute approximate surface area is 91.9 Å². The summed E-state index contributed by atoms with van der Waals surface area (Å²) in [6.07, 6.45) is 0. The first-order valence-electron chi connectivity index (χ1n) is 5.38. The Bertz CT molecular complexity index is 318. The zero-order valence-electron chi connectivity index (χ0n) is 9.95. The van der Waals surface area contributed by atoms with Crippen LogP contribution in [0.15, 0.2) is 18.2 Å². The van der Waals surface area contributed by atoms with Crippen molar-refractivity contribution in [3.8, 4) is 5.75 Å². The van der Waals surface area contributed by atoms with E-state index in [9.17, 15) is 0 Å². The van der Waals surface area contributed by atoms with Gasteiger partial charge in [-0.15, -0.1) is 0 Å². The first-order chi connectivity index (χ1) is 7.10. The Kier molecular flexibility index (Phi) is 4.15. The Hall–Kier alpha value is -1.02. The minimum atomic E-state index is 0.184. The van der Waals surface area contributed by atoms with Crippen LogP contribution in [0.3, 0.4) is 0 Å². The molecule has 1 atom stereocenters. The number of methoxy groups -OCH3 is 1. The van der Waals surface area contributed by atoms with Crippen LogP contribution in [0.2, 0.25) is 0 Å². The Morgan fingerprint density at radius 2 is 1.93 bits per heavy atom. The van der Waals surface area contributed by atoms with E-state index >= 15 is 0 Å². The molecule has 15 heavy (non-hydrogen) atoms. The number of hydrogen-bond acceptors (Lipinski definition) is 2. The van der Waals surface area contributed by atoms with Crippen LogP contribution < -0.4 is 4.74 Å². The van der Waals surface area contributed by atoms with Gasteiger partial charge in [0, 0.05) is 12.5 Å². The van der Waals surface area contributed by atoms with Crippen molar-refractivity contribution >= 4 is 0 Å². The van der Waals surface area contributed by atoms with Crippen molar-refractivity contribution < 1.29 is 9.84 Å². The molecule has 0 aliphatic rings. The number of aliphatic hydroxyl groups excluding tert-OH is 1. The van der Waals surface area contributed by atoms with E-state index in [-0.39, 0.29) is 12.5 Å². The van der Waals surface area contributed by atoms with Gasteiger partial charge in [0.25, 0.3) is 0 Å². The van der Waals surface area contributed by atoms with Crippen LogP contribution in [0.5, 0.6) is 5.75 Å². The van der Waals surface area contributed by atoms with Gasteiger partial charge in [-0.2, -0.15) is 0 Å². The van der Waals surface area contributed by atoms with E-state index < -0.39 is 0 Å². The van der Waals surface area contributed by atoms with Gasteiger partial charge in [-0.1, -0.05) is 32.9 Å². The van der Waals surface area contributed by atoms with E-state index in [2.05, 4.69) is 19.9 Å². The normalized spacial score (nSPS) is 12.9. The lowest BCUT2D eigenvalue weighted by molar-refractivity contribution is 0.273. The number of rotatable bonds is 4. The molecule has 2 heteroatoms. The molecule has 1 unspecified atom stereocenters. The van der Waals surface area contributed by atoms with E-state index in [1.165, 1.54) is 11.1 Å². The lowest BCUT2D eigenvalue weighted by Crippen LogP contribution is -2.02. The Morgan fingerprint density at radius 3 is 2.40 bits per heavy atom. The SMILES string of the molecule is COc1ccc(C(C)CO)cc1C(C)C. The molecule has 0 aromatic heterocycles. The predicted molar refractivity (Wildman–Crippen MR) is 62.6 cm³/mol. The molecule has 1 N–H and O–H groups in total. The highest BCUT2D eigenvalue weighted by Crippen LogP contribution is 2.29. The molecule has 0 heterocycles. The Morgan fingerprint density at radius 1 is 1.27 bits per heavy atom. The summed E-state index contributed by atoms with van der Waals surface area (Å²) in [4.78, 5) is 0. The van der Waals surface area contributed by atoms with Gasteiger partial charge in [0.1, 0.15) is 5.75 Å². The van der Waals surface area contributed by atoms with Gasteiger partial charge in [-0.3, -0.25) is 0 Å². The van der Waals surface area contributed by atoms with E-state index in [1.807, 2.05) is 19.1 Å². The van der Waals surface area contributed by atoms with Crippen molar-refractivity contribution in [2.24, 2.45) is 0 Å². The molecule has 84 valence electrons. The lowest BCUT2D eigenvalue weighted by Gasteiger charge is -2.15. The van der Waals surface area contributed by atoms with Crippen LogP contribution in [0.1, 0.15) is 43.7 Å². The third-order valence-electron chi connectivity index (χ3n) is 2.72. The quantitative estimate of drug-likeness (QED) is 0.824. The molecule has 0 bridgehead atoms. The average molecular weight is 208 g/mol. The first-order valence-corrected chi connectivity index (χ1v) is 5.38. The van der Waals surface area contributed by atoms with Crippen molar-refractivity contribution in [1.82, 2.24) is 0 Å². The maximum atomic E-state index is 9.11. The standard InChI is InChI=1S/C13H20O2/c1-9(2)12-7-11(10(3)8-14)5-6-13(12)15-4/h5-7,9-10,14H,8H2,1-4H3. The largest absolute Gasteiger partial charge is 0.496 e. The highest BCUT2D eigenvalue weighted by atomic mass is 16.5. The van der Waals surface area contributed by atoms with Crippen LogP contribution >= 0.6 is 0 Å². The number of hydrogen-bond donors (Lipinski definition) is 1. The predicted octanol–water partition coefficient (Wildman–Crippen LogP) is 2.91. The molecular weight excluding hydrogens is 188 g/mol. The van der Waals surface area contributed by atoms with Crippen LogP contribution in [-0.4, -0.2) is 18.8 Å².